The van der Waals surface area contributed by atoms with E-state index in [0.717, 1.165) is 6.26 Å². The van der Waals surface area contributed by atoms with E-state index in [0.29, 0.717) is 18.5 Å². The number of aliphatic hydroxyl groups is 5. The van der Waals surface area contributed by atoms with Crippen LogP contribution in [0, 0.1) is 23.7 Å². The topological polar surface area (TPSA) is 255 Å². The third-order valence-corrected chi connectivity index (χ3v) is 16.8. The second-order valence-corrected chi connectivity index (χ2v) is 24.0. The van der Waals surface area contributed by atoms with E-state index in [1.54, 1.807) is 60.7 Å². The second kappa shape index (κ2) is 25.9. The number of hydrogen-bond donors (Lipinski definition) is 7. The highest BCUT2D eigenvalue weighted by Gasteiger charge is 2.51. The number of hydrogen-bond acceptors (Lipinski definition) is 17. The Labute approximate surface area is 427 Å². The maximum absolute atomic E-state index is 14.4. The van der Waals surface area contributed by atoms with Gasteiger partial charge in [-0.1, -0.05) is 39.8 Å². The summed E-state index contributed by atoms with van der Waals surface area (Å²) in [6.45, 7) is 17.2. The van der Waals surface area contributed by atoms with Crippen molar-refractivity contribution < 1.29 is 76.4 Å². The van der Waals surface area contributed by atoms with Crippen molar-refractivity contribution in [1.29, 1.82) is 0 Å². The number of aliphatic hydroxyl groups excluding tert-OH is 3. The fourth-order valence-corrected chi connectivity index (χ4v) is 11.5. The highest BCUT2D eigenvalue weighted by Crippen LogP contribution is 2.40. The second-order valence-electron chi connectivity index (χ2n) is 22.0. The van der Waals surface area contributed by atoms with E-state index in [1.807, 2.05) is 37.6 Å². The Morgan fingerprint density at radius 2 is 1.65 bits per heavy atom. The molecule has 0 saturated carbocycles. The van der Waals surface area contributed by atoms with Gasteiger partial charge in [0.15, 0.2) is 22.4 Å². The summed E-state index contributed by atoms with van der Waals surface area (Å²) in [5, 5.41) is 64.7. The molecule has 1 aromatic carbocycles. The van der Waals surface area contributed by atoms with Crippen LogP contribution in [0.1, 0.15) is 100 Å². The monoisotopic (exact) mass is 1050 g/mol. The third kappa shape index (κ3) is 15.7. The Morgan fingerprint density at radius 3 is 2.24 bits per heavy atom. The number of carbonyl (C=O) groups is 2. The summed E-state index contributed by atoms with van der Waals surface area (Å²) in [4.78, 5) is 31.3. The van der Waals surface area contributed by atoms with Gasteiger partial charge in [0.25, 0.3) is 0 Å². The number of alkyl halides is 1. The molecule has 1 aromatic rings. The van der Waals surface area contributed by atoms with Gasteiger partial charge >= 0.3 is 12.0 Å². The molecule has 21 heteroatoms. The Bertz CT molecular complexity index is 1990. The molecule has 19 atom stereocenters. The molecule has 3 aliphatic heterocycles. The number of rotatable bonds is 16. The van der Waals surface area contributed by atoms with Gasteiger partial charge in [-0.15, -0.1) is 0 Å². The van der Waals surface area contributed by atoms with E-state index in [1.165, 1.54) is 26.2 Å². The van der Waals surface area contributed by atoms with Gasteiger partial charge in [0.2, 0.25) is 0 Å². The first kappa shape index (κ1) is 61.9. The fraction of sp³-hybridized carbons (Fsp3) is 0.843. The van der Waals surface area contributed by atoms with Crippen molar-refractivity contribution in [2.24, 2.45) is 23.7 Å². The maximum Gasteiger partial charge on any atom is 0.315 e. The number of methoxy groups -OCH3 is 1. The smallest absolute Gasteiger partial charge is 0.315 e. The van der Waals surface area contributed by atoms with E-state index >= 15 is 0 Å². The number of amides is 2. The number of sulfone groups is 1. The highest BCUT2D eigenvalue weighted by molar-refractivity contribution is 7.90. The zero-order valence-electron chi connectivity index (χ0n) is 45.1. The third-order valence-electron chi connectivity index (χ3n) is 15.7. The number of ether oxygens (including phenoxy) is 6. The lowest BCUT2D eigenvalue weighted by Crippen LogP contribution is -2.60. The van der Waals surface area contributed by atoms with Gasteiger partial charge in [0.1, 0.15) is 36.7 Å². The minimum absolute atomic E-state index is 0.118. The molecule has 0 aliphatic carbocycles. The van der Waals surface area contributed by atoms with Crippen LogP contribution in [0.2, 0.25) is 0 Å². The summed E-state index contributed by atoms with van der Waals surface area (Å²) in [5.74, 6) is -3.35. The number of urea groups is 1. The Balaban J connectivity index is 1.60. The molecule has 0 bridgehead atoms. The van der Waals surface area contributed by atoms with Gasteiger partial charge in [-0.25, -0.2) is 17.6 Å². The molecule has 3 fully saturated rings. The molecule has 7 N–H and O–H groups in total. The van der Waals surface area contributed by atoms with Crippen molar-refractivity contribution >= 4 is 21.8 Å². The predicted molar refractivity (Wildman–Crippen MR) is 267 cm³/mol. The van der Waals surface area contributed by atoms with Crippen LogP contribution in [0.4, 0.5) is 9.18 Å². The van der Waals surface area contributed by atoms with Crippen LogP contribution in [0.25, 0.3) is 0 Å². The van der Waals surface area contributed by atoms with E-state index in [4.69, 9.17) is 28.4 Å². The first-order chi connectivity index (χ1) is 33.4. The molecular weight excluding hydrogens is 960 g/mol. The normalized spacial score (nSPS) is 39.6. The molecule has 3 saturated heterocycles. The molecule has 2 amide bonds. The number of likely N-dealkylation sites (N-methyl/N-ethyl adjacent to an activating group) is 2. The summed E-state index contributed by atoms with van der Waals surface area (Å²) in [6, 6.07) is 3.43. The first-order valence-electron chi connectivity index (χ1n) is 25.5. The van der Waals surface area contributed by atoms with Crippen molar-refractivity contribution in [2.45, 2.75) is 196 Å². The van der Waals surface area contributed by atoms with Gasteiger partial charge in [0.05, 0.1) is 53.0 Å². The molecule has 416 valence electrons. The number of esters is 1. The minimum Gasteiger partial charge on any atom is -0.459 e. The summed E-state index contributed by atoms with van der Waals surface area (Å²) in [6.07, 6.45) is -6.87. The first-order valence-corrected chi connectivity index (χ1v) is 27.4. The van der Waals surface area contributed by atoms with E-state index in [9.17, 15) is 47.9 Å². The van der Waals surface area contributed by atoms with Crippen molar-refractivity contribution in [2.75, 3.05) is 60.4 Å². The van der Waals surface area contributed by atoms with Crippen molar-refractivity contribution in [3.8, 4) is 0 Å². The molecule has 0 radical (unpaired) electrons. The number of benzene rings is 1. The van der Waals surface area contributed by atoms with Gasteiger partial charge < -0.3 is 69.5 Å². The molecule has 19 nitrogen and oxygen atoms in total. The summed E-state index contributed by atoms with van der Waals surface area (Å²) in [5.41, 5.74) is -3.85. The van der Waals surface area contributed by atoms with E-state index in [2.05, 4.69) is 10.6 Å². The van der Waals surface area contributed by atoms with E-state index in [-0.39, 0.29) is 56.2 Å². The zero-order valence-corrected chi connectivity index (χ0v) is 45.9. The molecule has 0 aromatic heterocycles. The van der Waals surface area contributed by atoms with Crippen LogP contribution < -0.4 is 10.6 Å². The predicted octanol–water partition coefficient (Wildman–Crippen LogP) is 2.80. The molecule has 4 rings (SSSR count). The molecule has 3 aliphatic rings. The number of cyclic esters (lactones) is 1. The molecule has 0 spiro atoms. The lowest BCUT2D eigenvalue weighted by atomic mass is 9.73. The maximum atomic E-state index is 14.4. The standard InChI is InChI=1S/C51H89FN4O15S/c1-15-40-51(10,63)43(58)33(6)56(12)27-29(2)24-49(8,62)45(31(4)38(32(5)46(60)70-40)28-67-41-25-50(9,66-13)44(59)34(7)69-41)71-47-42(57)39(22-30(3)68-47)55(11)21-20-53-48(61)54-36(26-52)23-35-16-18-37(19-17-35)72(14,64)65/h16-19,29-34,36,38-45,47,57-59,62-63H,15,20-28H2,1-14H3,(H2,53,54,61)/t29-,30-,31+,32-,33-,34+,36+,38+,39+,40-,41-,42-,43-,44+,45-,47+,49-,50-,51-/m1/s1. The quantitative estimate of drug-likeness (QED) is 0.118. The largest absolute Gasteiger partial charge is 0.459 e. The SMILES string of the molecule is CC[C@H]1OC(=O)[C@H](C)[C@@H](CO[C@H]2C[C@@](C)(OC)[C@@H](O)[C@H](C)O2)[C@H](C)[C@@H](O[C@@H]2O[C@H](C)C[C@H](N(C)CCNC(=O)N[C@H](CF)Cc3ccc(S(C)(=O)=O)cc3)[C@H]2O)[C@](C)(O)C[C@@H](C)CN(C)[C@H](C)[C@@H](O)[C@]1(C)O. The van der Waals surface area contributed by atoms with E-state index < -0.39 is 137 Å². The van der Waals surface area contributed by atoms with Crippen LogP contribution in [0.5, 0.6) is 0 Å². The summed E-state index contributed by atoms with van der Waals surface area (Å²) < 4.78 is 75.4. The zero-order chi connectivity index (χ0) is 54.3. The highest BCUT2D eigenvalue weighted by atomic mass is 32.2. The minimum atomic E-state index is -3.40. The number of carbonyl (C=O) groups excluding carboxylic acids is 2. The fourth-order valence-electron chi connectivity index (χ4n) is 10.9. The number of nitrogens with one attached hydrogen (secondary N) is 2. The Kier molecular flexibility index (Phi) is 22.3. The average molecular weight is 1050 g/mol. The van der Waals surface area contributed by atoms with Gasteiger partial charge in [0, 0.05) is 57.4 Å². The molecular formula is C51H89FN4O15S. The van der Waals surface area contributed by atoms with Crippen LogP contribution in [0.15, 0.2) is 29.2 Å². The van der Waals surface area contributed by atoms with Crippen LogP contribution in [-0.2, 0) is 49.5 Å². The van der Waals surface area contributed by atoms with Crippen molar-refractivity contribution in [1.82, 2.24) is 20.4 Å². The number of nitrogens with zero attached hydrogens (tertiary/aromatic N) is 2. The van der Waals surface area contributed by atoms with Gasteiger partial charge in [-0.2, -0.15) is 0 Å². The van der Waals surface area contributed by atoms with Crippen LogP contribution >= 0.6 is 0 Å². The molecule has 0 unspecified atom stereocenters. The summed E-state index contributed by atoms with van der Waals surface area (Å²) >= 11 is 0. The lowest BCUT2D eigenvalue weighted by Gasteiger charge is -2.48. The van der Waals surface area contributed by atoms with Crippen LogP contribution in [-0.4, -0.2) is 206 Å². The van der Waals surface area contributed by atoms with Gasteiger partial charge in [-0.05, 0) is 111 Å². The summed E-state index contributed by atoms with van der Waals surface area (Å²) in [7, 11) is 1.70. The lowest BCUT2D eigenvalue weighted by molar-refractivity contribution is -0.302. The molecule has 3 heterocycles. The Hall–Kier alpha value is -2.64. The van der Waals surface area contributed by atoms with Crippen molar-refractivity contribution in [3.05, 3.63) is 29.8 Å². The number of halogens is 1. The van der Waals surface area contributed by atoms with Crippen molar-refractivity contribution in [3.63, 3.8) is 0 Å². The van der Waals surface area contributed by atoms with Gasteiger partial charge in [-0.3, -0.25) is 9.69 Å². The van der Waals surface area contributed by atoms with Crippen LogP contribution in [0.3, 0.4) is 0 Å². The Morgan fingerprint density at radius 1 is 1.01 bits per heavy atom. The molecule has 72 heavy (non-hydrogen) atoms. The average Bonchev–Trinajstić information content (AvgIpc) is 3.30.